The molecule has 1 fully saturated rings. The smallest absolute Gasteiger partial charge is 0.220 e. The summed E-state index contributed by atoms with van der Waals surface area (Å²) < 4.78 is 1.92. The van der Waals surface area contributed by atoms with Crippen LogP contribution in [0.5, 0.6) is 0 Å². The van der Waals surface area contributed by atoms with E-state index in [1.807, 2.05) is 17.8 Å². The highest BCUT2D eigenvalue weighted by atomic mass is 35.5. The predicted molar refractivity (Wildman–Crippen MR) is 88.7 cm³/mol. The van der Waals surface area contributed by atoms with E-state index in [-0.39, 0.29) is 36.1 Å². The van der Waals surface area contributed by atoms with Crippen LogP contribution in [-0.2, 0) is 18.4 Å². The Morgan fingerprint density at radius 1 is 1.38 bits per heavy atom. The van der Waals surface area contributed by atoms with Gasteiger partial charge in [-0.1, -0.05) is 19.3 Å². The average molecular weight is 337 g/mol. The Balaban J connectivity index is 0.00000200. The molecular weight excluding hydrogens is 311 g/mol. The number of amides is 1. The van der Waals surface area contributed by atoms with Crippen molar-refractivity contribution in [1.29, 1.82) is 0 Å². The van der Waals surface area contributed by atoms with E-state index in [2.05, 4.69) is 10.3 Å². The topological polar surface area (TPSA) is 72.9 Å². The highest BCUT2D eigenvalue weighted by Crippen LogP contribution is 2.38. The van der Waals surface area contributed by atoms with Crippen molar-refractivity contribution in [2.75, 3.05) is 6.54 Å². The average Bonchev–Trinajstić information content (AvgIpc) is 2.83. The minimum absolute atomic E-state index is 0. The molecule has 1 aliphatic rings. The Morgan fingerprint density at radius 2 is 2.05 bits per heavy atom. The lowest BCUT2D eigenvalue weighted by atomic mass is 9.71. The lowest BCUT2D eigenvalue weighted by Crippen LogP contribution is -2.38. The van der Waals surface area contributed by atoms with Crippen molar-refractivity contribution in [3.8, 4) is 0 Å². The number of hydrogen-bond donors (Lipinski definition) is 2. The van der Waals surface area contributed by atoms with Crippen LogP contribution in [0.3, 0.4) is 0 Å². The summed E-state index contributed by atoms with van der Waals surface area (Å²) >= 11 is 0. The summed E-state index contributed by atoms with van der Waals surface area (Å²) in [4.78, 5) is 16.3. The summed E-state index contributed by atoms with van der Waals surface area (Å²) in [5.41, 5.74) is 5.94. The Kier molecular flexibility index (Phi) is 8.94. The molecule has 3 N–H and O–H groups in total. The molecule has 2 rings (SSSR count). The molecule has 1 amide bonds. The Bertz CT molecular complexity index is 430. The van der Waals surface area contributed by atoms with Crippen LogP contribution in [0.2, 0.25) is 0 Å². The molecule has 1 heterocycles. The summed E-state index contributed by atoms with van der Waals surface area (Å²) in [6.45, 7) is 1.10. The van der Waals surface area contributed by atoms with Crippen LogP contribution < -0.4 is 11.1 Å². The number of halogens is 2. The Hall–Kier alpha value is -0.780. The molecule has 122 valence electrons. The van der Waals surface area contributed by atoms with Crippen molar-refractivity contribution in [2.45, 2.75) is 45.1 Å². The van der Waals surface area contributed by atoms with Gasteiger partial charge in [0.15, 0.2) is 0 Å². The molecule has 1 aromatic heterocycles. The highest BCUT2D eigenvalue weighted by Gasteiger charge is 2.32. The maximum absolute atomic E-state index is 12.1. The molecular formula is C14H26Cl2N4O. The van der Waals surface area contributed by atoms with Gasteiger partial charge in [0.1, 0.15) is 5.82 Å². The number of carbonyl (C=O) groups is 1. The molecule has 21 heavy (non-hydrogen) atoms. The number of nitrogens with one attached hydrogen (secondary N) is 1. The number of rotatable bonds is 5. The molecule has 1 aliphatic carbocycles. The molecule has 0 unspecified atom stereocenters. The van der Waals surface area contributed by atoms with E-state index in [4.69, 9.17) is 5.73 Å². The maximum Gasteiger partial charge on any atom is 0.220 e. The van der Waals surface area contributed by atoms with E-state index < -0.39 is 0 Å². The van der Waals surface area contributed by atoms with Crippen LogP contribution in [-0.4, -0.2) is 22.0 Å². The van der Waals surface area contributed by atoms with E-state index in [9.17, 15) is 4.79 Å². The van der Waals surface area contributed by atoms with Crippen LogP contribution in [0, 0.1) is 5.41 Å². The summed E-state index contributed by atoms with van der Waals surface area (Å²) in [6.07, 6.45) is 10.0. The Labute approximate surface area is 138 Å². The first kappa shape index (κ1) is 20.2. The number of imidazole rings is 1. The molecule has 0 bridgehead atoms. The van der Waals surface area contributed by atoms with E-state index >= 15 is 0 Å². The minimum atomic E-state index is 0. The van der Waals surface area contributed by atoms with E-state index in [1.165, 1.54) is 19.3 Å². The SMILES string of the molecule is Cl.Cl.Cn1ccnc1CNC(=O)CC1(CN)CCCCC1. The fourth-order valence-electron chi connectivity index (χ4n) is 2.90. The monoisotopic (exact) mass is 336 g/mol. The van der Waals surface area contributed by atoms with Crippen LogP contribution in [0.4, 0.5) is 0 Å². The van der Waals surface area contributed by atoms with Crippen molar-refractivity contribution < 1.29 is 4.79 Å². The van der Waals surface area contributed by atoms with Gasteiger partial charge in [-0.05, 0) is 24.8 Å². The second-order valence-electron chi connectivity index (χ2n) is 5.67. The second kappa shape index (κ2) is 9.28. The molecule has 0 spiro atoms. The fraction of sp³-hybridized carbons (Fsp3) is 0.714. The summed E-state index contributed by atoms with van der Waals surface area (Å²) in [5.74, 6) is 0.967. The summed E-state index contributed by atoms with van der Waals surface area (Å²) in [5, 5.41) is 2.95. The van der Waals surface area contributed by atoms with Crippen LogP contribution >= 0.6 is 24.8 Å². The quantitative estimate of drug-likeness (QED) is 0.865. The van der Waals surface area contributed by atoms with Gasteiger partial charge in [-0.2, -0.15) is 0 Å². The highest BCUT2D eigenvalue weighted by molar-refractivity contribution is 5.85. The molecule has 0 aliphatic heterocycles. The molecule has 0 atom stereocenters. The van der Waals surface area contributed by atoms with E-state index in [0.717, 1.165) is 18.7 Å². The van der Waals surface area contributed by atoms with Gasteiger partial charge in [0.05, 0.1) is 6.54 Å². The maximum atomic E-state index is 12.1. The number of aromatic nitrogens is 2. The lowest BCUT2D eigenvalue weighted by molar-refractivity contribution is -0.124. The second-order valence-corrected chi connectivity index (χ2v) is 5.67. The van der Waals surface area contributed by atoms with Crippen molar-refractivity contribution >= 4 is 30.7 Å². The number of carbonyl (C=O) groups excluding carboxylic acids is 1. The van der Waals surface area contributed by atoms with Crippen molar-refractivity contribution in [3.05, 3.63) is 18.2 Å². The third-order valence-corrected chi connectivity index (χ3v) is 4.25. The van der Waals surface area contributed by atoms with Gasteiger partial charge in [-0.15, -0.1) is 24.8 Å². The van der Waals surface area contributed by atoms with E-state index in [0.29, 0.717) is 19.5 Å². The first-order chi connectivity index (χ1) is 9.15. The molecule has 0 radical (unpaired) electrons. The molecule has 1 aromatic rings. The van der Waals surface area contributed by atoms with Crippen molar-refractivity contribution in [2.24, 2.45) is 18.2 Å². The predicted octanol–water partition coefficient (Wildman–Crippen LogP) is 2.18. The largest absolute Gasteiger partial charge is 0.349 e. The first-order valence-electron chi connectivity index (χ1n) is 7.08. The normalized spacial score (nSPS) is 16.5. The standard InChI is InChI=1S/C14H24N4O.2ClH/c1-18-8-7-16-12(18)10-17-13(19)9-14(11-15)5-3-2-4-6-14;;/h7-8H,2-6,9-11,15H2,1H3,(H,17,19);2*1H. The fourth-order valence-corrected chi connectivity index (χ4v) is 2.90. The zero-order valence-electron chi connectivity index (χ0n) is 12.5. The van der Waals surface area contributed by atoms with Crippen molar-refractivity contribution in [3.63, 3.8) is 0 Å². The van der Waals surface area contributed by atoms with Gasteiger partial charge >= 0.3 is 0 Å². The van der Waals surface area contributed by atoms with Crippen LogP contribution in [0.25, 0.3) is 0 Å². The number of nitrogens with two attached hydrogens (primary N) is 1. The number of hydrogen-bond acceptors (Lipinski definition) is 3. The van der Waals surface area contributed by atoms with Crippen molar-refractivity contribution in [1.82, 2.24) is 14.9 Å². The summed E-state index contributed by atoms with van der Waals surface area (Å²) in [6, 6.07) is 0. The zero-order chi connectivity index (χ0) is 13.7. The Morgan fingerprint density at radius 3 is 2.57 bits per heavy atom. The third kappa shape index (κ3) is 5.49. The molecule has 0 aromatic carbocycles. The third-order valence-electron chi connectivity index (χ3n) is 4.25. The first-order valence-corrected chi connectivity index (χ1v) is 7.08. The molecule has 0 saturated heterocycles. The van der Waals surface area contributed by atoms with Gasteiger partial charge < -0.3 is 15.6 Å². The van der Waals surface area contributed by atoms with Gasteiger partial charge in [0.2, 0.25) is 5.91 Å². The molecule has 5 nitrogen and oxygen atoms in total. The van der Waals surface area contributed by atoms with Gasteiger partial charge in [-0.25, -0.2) is 4.98 Å². The lowest BCUT2D eigenvalue weighted by Gasteiger charge is -2.35. The molecule has 1 saturated carbocycles. The van der Waals surface area contributed by atoms with Crippen LogP contribution in [0.15, 0.2) is 12.4 Å². The summed E-state index contributed by atoms with van der Waals surface area (Å²) in [7, 11) is 1.93. The number of aryl methyl sites for hydroxylation is 1. The van der Waals surface area contributed by atoms with Gasteiger partial charge in [0, 0.05) is 25.9 Å². The van der Waals surface area contributed by atoms with Gasteiger partial charge in [0.25, 0.3) is 0 Å². The van der Waals surface area contributed by atoms with Crippen LogP contribution in [0.1, 0.15) is 44.3 Å². The number of nitrogens with zero attached hydrogens (tertiary/aromatic N) is 2. The van der Waals surface area contributed by atoms with Gasteiger partial charge in [-0.3, -0.25) is 4.79 Å². The zero-order valence-corrected chi connectivity index (χ0v) is 14.1. The molecule has 7 heteroatoms. The minimum Gasteiger partial charge on any atom is -0.349 e. The van der Waals surface area contributed by atoms with E-state index in [1.54, 1.807) is 6.20 Å².